The first-order valence-corrected chi connectivity index (χ1v) is 9.74. The lowest BCUT2D eigenvalue weighted by atomic mass is 10.1. The molecule has 0 radical (unpaired) electrons. The highest BCUT2D eigenvalue weighted by Crippen LogP contribution is 2.23. The largest absolute Gasteiger partial charge is 0.452 e. The Morgan fingerprint density at radius 3 is 2.44 bits per heavy atom. The van der Waals surface area contributed by atoms with E-state index in [2.05, 4.69) is 5.32 Å². The van der Waals surface area contributed by atoms with Crippen LogP contribution in [-0.2, 0) is 20.7 Å². The number of thioether (sulfide) groups is 1. The zero-order valence-corrected chi connectivity index (χ0v) is 16.1. The second-order valence-electron chi connectivity index (χ2n) is 6.00. The van der Waals surface area contributed by atoms with Crippen molar-refractivity contribution in [2.75, 3.05) is 18.9 Å². The molecular weight excluding hydrogens is 362 g/mol. The maximum absolute atomic E-state index is 12.2. The quantitative estimate of drug-likeness (QED) is 0.386. The molecule has 0 aromatic heterocycles. The number of Topliss-reactive ketones (excluding diaryl/α,β-unsaturated/α-hetero) is 1. The molecule has 0 unspecified atom stereocenters. The lowest BCUT2D eigenvalue weighted by molar-refractivity contribution is -0.124. The Balaban J connectivity index is 1.73. The zero-order valence-electron chi connectivity index (χ0n) is 15.3. The van der Waals surface area contributed by atoms with E-state index >= 15 is 0 Å². The predicted octanol–water partition coefficient (Wildman–Crippen LogP) is 3.27. The van der Waals surface area contributed by atoms with Crippen LogP contribution < -0.4 is 5.32 Å². The molecule has 0 bridgehead atoms. The van der Waals surface area contributed by atoms with E-state index in [1.807, 2.05) is 30.3 Å². The van der Waals surface area contributed by atoms with Crippen molar-refractivity contribution >= 4 is 29.4 Å². The highest BCUT2D eigenvalue weighted by molar-refractivity contribution is 8.00. The van der Waals surface area contributed by atoms with E-state index in [4.69, 9.17) is 4.74 Å². The average Bonchev–Trinajstić information content (AvgIpc) is 2.69. The van der Waals surface area contributed by atoms with Crippen LogP contribution in [0, 0.1) is 0 Å². The summed E-state index contributed by atoms with van der Waals surface area (Å²) < 4.78 is 5.10. The smallest absolute Gasteiger partial charge is 0.339 e. The molecule has 0 saturated heterocycles. The van der Waals surface area contributed by atoms with E-state index in [0.717, 1.165) is 12.8 Å². The van der Waals surface area contributed by atoms with Crippen molar-refractivity contribution in [3.05, 3.63) is 65.7 Å². The molecule has 6 heteroatoms. The lowest BCUT2D eigenvalue weighted by Gasteiger charge is -2.09. The molecule has 0 atom stereocenters. The molecular formula is C21H23NO4S. The second-order valence-corrected chi connectivity index (χ2v) is 7.02. The summed E-state index contributed by atoms with van der Waals surface area (Å²) in [4.78, 5) is 35.9. The fourth-order valence-electron chi connectivity index (χ4n) is 2.37. The van der Waals surface area contributed by atoms with Gasteiger partial charge in [0.05, 0.1) is 11.3 Å². The third kappa shape index (κ3) is 7.66. The summed E-state index contributed by atoms with van der Waals surface area (Å²) in [5, 5.41) is 2.75. The minimum absolute atomic E-state index is 0.0260. The number of amides is 1. The van der Waals surface area contributed by atoms with Crippen molar-refractivity contribution in [3.8, 4) is 0 Å². The number of ketones is 1. The molecule has 27 heavy (non-hydrogen) atoms. The predicted molar refractivity (Wildman–Crippen MR) is 106 cm³/mol. The summed E-state index contributed by atoms with van der Waals surface area (Å²) in [5.74, 6) is -0.587. The van der Waals surface area contributed by atoms with Crippen LogP contribution in [0.15, 0.2) is 59.5 Å². The van der Waals surface area contributed by atoms with Gasteiger partial charge in [-0.15, -0.1) is 11.8 Å². The number of benzene rings is 2. The Bertz CT molecular complexity index is 777. The topological polar surface area (TPSA) is 72.5 Å². The van der Waals surface area contributed by atoms with E-state index in [-0.39, 0.29) is 24.1 Å². The molecule has 1 N–H and O–H groups in total. The van der Waals surface area contributed by atoms with Crippen molar-refractivity contribution in [3.63, 3.8) is 0 Å². The first-order chi connectivity index (χ1) is 13.1. The first-order valence-electron chi connectivity index (χ1n) is 8.75. The number of esters is 1. The molecule has 0 fully saturated rings. The van der Waals surface area contributed by atoms with Crippen molar-refractivity contribution in [2.45, 2.75) is 24.7 Å². The minimum Gasteiger partial charge on any atom is -0.452 e. The number of ether oxygens (including phenoxy) is 1. The summed E-state index contributed by atoms with van der Waals surface area (Å²) >= 11 is 1.28. The van der Waals surface area contributed by atoms with Crippen LogP contribution in [0.4, 0.5) is 0 Å². The van der Waals surface area contributed by atoms with Crippen LogP contribution >= 0.6 is 11.8 Å². The van der Waals surface area contributed by atoms with Crippen molar-refractivity contribution in [1.82, 2.24) is 5.32 Å². The highest BCUT2D eigenvalue weighted by atomic mass is 32.2. The number of hydrogen-bond donors (Lipinski definition) is 1. The third-order valence-electron chi connectivity index (χ3n) is 3.68. The fraction of sp³-hybridized carbons (Fsp3) is 0.286. The van der Waals surface area contributed by atoms with Crippen LogP contribution in [0.5, 0.6) is 0 Å². The fourth-order valence-corrected chi connectivity index (χ4v) is 3.21. The highest BCUT2D eigenvalue weighted by Gasteiger charge is 2.14. The third-order valence-corrected chi connectivity index (χ3v) is 4.90. The lowest BCUT2D eigenvalue weighted by Crippen LogP contribution is -2.29. The van der Waals surface area contributed by atoms with Crippen molar-refractivity contribution in [2.24, 2.45) is 0 Å². The van der Waals surface area contributed by atoms with Crippen molar-refractivity contribution in [1.29, 1.82) is 0 Å². The van der Waals surface area contributed by atoms with Gasteiger partial charge in [0.2, 0.25) is 0 Å². The monoisotopic (exact) mass is 385 g/mol. The van der Waals surface area contributed by atoms with E-state index in [9.17, 15) is 14.4 Å². The van der Waals surface area contributed by atoms with Gasteiger partial charge in [0.1, 0.15) is 5.78 Å². The van der Waals surface area contributed by atoms with Gasteiger partial charge in [-0.2, -0.15) is 0 Å². The Labute approximate surface area is 163 Å². The normalized spacial score (nSPS) is 10.3. The van der Waals surface area contributed by atoms with Crippen molar-refractivity contribution < 1.29 is 19.1 Å². The summed E-state index contributed by atoms with van der Waals surface area (Å²) in [6.07, 6.45) is 1.69. The summed E-state index contributed by atoms with van der Waals surface area (Å²) in [5.41, 5.74) is 1.58. The van der Waals surface area contributed by atoms with Crippen LogP contribution in [0.1, 0.15) is 29.3 Å². The number of hydrogen-bond acceptors (Lipinski definition) is 5. The van der Waals surface area contributed by atoms with E-state index in [1.165, 1.54) is 24.2 Å². The first kappa shape index (κ1) is 20.7. The average molecular weight is 385 g/mol. The molecule has 0 saturated carbocycles. The number of carbonyl (C=O) groups is 3. The SMILES string of the molecule is CC(=O)CSc1ccccc1C(=O)OCC(=O)NCCCc1ccccc1. The van der Waals surface area contributed by atoms with E-state index in [0.29, 0.717) is 17.0 Å². The molecule has 0 heterocycles. The summed E-state index contributed by atoms with van der Waals surface area (Å²) in [7, 11) is 0. The van der Waals surface area contributed by atoms with Gasteiger partial charge in [-0.05, 0) is 37.5 Å². The molecule has 0 spiro atoms. The standard InChI is InChI=1S/C21H23NO4S/c1-16(23)15-27-19-12-6-5-11-18(19)21(25)26-14-20(24)22-13-7-10-17-8-3-2-4-9-17/h2-6,8-9,11-12H,7,10,13-15H2,1H3,(H,22,24). The van der Waals surface area contributed by atoms with Gasteiger partial charge in [-0.25, -0.2) is 4.79 Å². The molecule has 0 aliphatic carbocycles. The van der Waals surface area contributed by atoms with E-state index < -0.39 is 5.97 Å². The molecule has 5 nitrogen and oxygen atoms in total. The molecule has 0 aliphatic heterocycles. The molecule has 142 valence electrons. The number of carbonyl (C=O) groups excluding carboxylic acids is 3. The summed E-state index contributed by atoms with van der Waals surface area (Å²) in [6, 6.07) is 16.9. The van der Waals surface area contributed by atoms with Crippen LogP contribution in [0.2, 0.25) is 0 Å². The maximum Gasteiger partial charge on any atom is 0.339 e. The van der Waals surface area contributed by atoms with Crippen LogP contribution in [0.25, 0.3) is 0 Å². The number of aryl methyl sites for hydroxylation is 1. The van der Waals surface area contributed by atoms with Gasteiger partial charge in [0.25, 0.3) is 5.91 Å². The van der Waals surface area contributed by atoms with Gasteiger partial charge in [-0.3, -0.25) is 9.59 Å². The van der Waals surface area contributed by atoms with Crippen LogP contribution in [0.3, 0.4) is 0 Å². The Morgan fingerprint density at radius 2 is 1.70 bits per heavy atom. The molecule has 2 aromatic carbocycles. The Kier molecular flexibility index (Phi) is 8.58. The van der Waals surface area contributed by atoms with E-state index in [1.54, 1.807) is 24.3 Å². The van der Waals surface area contributed by atoms with Gasteiger partial charge >= 0.3 is 5.97 Å². The van der Waals surface area contributed by atoms with Gasteiger partial charge in [0, 0.05) is 11.4 Å². The molecule has 0 aliphatic rings. The van der Waals surface area contributed by atoms with Gasteiger partial charge in [-0.1, -0.05) is 42.5 Å². The van der Waals surface area contributed by atoms with Crippen LogP contribution in [-0.4, -0.2) is 36.6 Å². The Hall–Kier alpha value is -2.60. The van der Waals surface area contributed by atoms with Gasteiger partial charge < -0.3 is 10.1 Å². The molecule has 2 rings (SSSR count). The molecule has 2 aromatic rings. The zero-order chi connectivity index (χ0) is 19.5. The maximum atomic E-state index is 12.2. The molecule has 1 amide bonds. The Morgan fingerprint density at radius 1 is 1.00 bits per heavy atom. The summed E-state index contributed by atoms with van der Waals surface area (Å²) in [6.45, 7) is 1.70. The number of rotatable bonds is 10. The minimum atomic E-state index is -0.568. The number of nitrogens with one attached hydrogen (secondary N) is 1. The second kappa shape index (κ2) is 11.2. The van der Waals surface area contributed by atoms with Gasteiger partial charge in [0.15, 0.2) is 6.61 Å².